The van der Waals surface area contributed by atoms with Crippen LogP contribution in [0.5, 0.6) is 11.5 Å². The first-order valence-corrected chi connectivity index (χ1v) is 8.63. The van der Waals surface area contributed by atoms with Gasteiger partial charge in [-0.15, -0.1) is 0 Å². The lowest BCUT2D eigenvalue weighted by Crippen LogP contribution is -2.37. The van der Waals surface area contributed by atoms with E-state index in [4.69, 9.17) is 9.47 Å². The third-order valence-electron chi connectivity index (χ3n) is 4.28. The van der Waals surface area contributed by atoms with Crippen LogP contribution < -0.4 is 14.8 Å². The zero-order valence-electron chi connectivity index (χ0n) is 12.2. The van der Waals surface area contributed by atoms with E-state index >= 15 is 0 Å². The zero-order chi connectivity index (χ0) is 13.9. The van der Waals surface area contributed by atoms with Crippen LogP contribution in [0.15, 0.2) is 18.2 Å². The van der Waals surface area contributed by atoms with Crippen LogP contribution in [0, 0.1) is 5.92 Å². The van der Waals surface area contributed by atoms with Crippen LogP contribution in [-0.4, -0.2) is 31.3 Å². The van der Waals surface area contributed by atoms with Crippen LogP contribution >= 0.6 is 11.8 Å². The molecule has 2 aliphatic rings. The van der Waals surface area contributed by atoms with Gasteiger partial charge in [-0.1, -0.05) is 13.0 Å². The minimum Gasteiger partial charge on any atom is -0.497 e. The van der Waals surface area contributed by atoms with Crippen molar-refractivity contribution in [2.75, 3.05) is 25.2 Å². The van der Waals surface area contributed by atoms with E-state index in [-0.39, 0.29) is 0 Å². The third kappa shape index (κ3) is 2.77. The SMILES string of the molecule is CCNC1CC(C2CCSC2)Oc2cc(OC)ccc21. The third-order valence-corrected chi connectivity index (χ3v) is 5.47. The van der Waals surface area contributed by atoms with Crippen molar-refractivity contribution in [1.82, 2.24) is 5.32 Å². The molecule has 3 unspecified atom stereocenters. The molecule has 0 bridgehead atoms. The number of fused-ring (bicyclic) bond motifs is 1. The lowest BCUT2D eigenvalue weighted by atomic mass is 9.89. The maximum absolute atomic E-state index is 6.30. The topological polar surface area (TPSA) is 30.5 Å². The van der Waals surface area contributed by atoms with Crippen LogP contribution in [0.3, 0.4) is 0 Å². The minimum atomic E-state index is 0.341. The largest absolute Gasteiger partial charge is 0.497 e. The summed E-state index contributed by atoms with van der Waals surface area (Å²) < 4.78 is 11.6. The maximum atomic E-state index is 6.30. The lowest BCUT2D eigenvalue weighted by molar-refractivity contribution is 0.103. The van der Waals surface area contributed by atoms with Crippen molar-refractivity contribution in [3.8, 4) is 11.5 Å². The maximum Gasteiger partial charge on any atom is 0.128 e. The molecule has 1 fully saturated rings. The standard InChI is InChI=1S/C16H23NO2S/c1-3-17-14-9-15(11-6-7-20-10-11)19-16-8-12(18-2)4-5-13(14)16/h4-5,8,11,14-15,17H,3,6-7,9-10H2,1-2H3. The average molecular weight is 293 g/mol. The fourth-order valence-electron chi connectivity index (χ4n) is 3.18. The molecule has 0 radical (unpaired) electrons. The molecule has 1 N–H and O–H groups in total. The Kier molecular flexibility index (Phi) is 4.41. The van der Waals surface area contributed by atoms with E-state index in [2.05, 4.69) is 30.1 Å². The molecule has 4 heteroatoms. The van der Waals surface area contributed by atoms with Crippen molar-refractivity contribution in [3.63, 3.8) is 0 Å². The molecule has 0 amide bonds. The summed E-state index contributed by atoms with van der Waals surface area (Å²) in [7, 11) is 1.71. The van der Waals surface area contributed by atoms with E-state index in [1.54, 1.807) is 7.11 Å². The van der Waals surface area contributed by atoms with Gasteiger partial charge in [0.1, 0.15) is 17.6 Å². The Morgan fingerprint density at radius 2 is 2.35 bits per heavy atom. The monoisotopic (exact) mass is 293 g/mol. The Balaban J connectivity index is 1.86. The molecule has 1 aromatic carbocycles. The predicted molar refractivity (Wildman–Crippen MR) is 83.9 cm³/mol. The molecule has 3 nitrogen and oxygen atoms in total. The first-order valence-electron chi connectivity index (χ1n) is 7.47. The Bertz CT molecular complexity index is 460. The number of hydrogen-bond donors (Lipinski definition) is 1. The van der Waals surface area contributed by atoms with E-state index in [0.29, 0.717) is 18.1 Å². The molecule has 2 heterocycles. The van der Waals surface area contributed by atoms with Crippen molar-refractivity contribution in [3.05, 3.63) is 23.8 Å². The van der Waals surface area contributed by atoms with E-state index in [9.17, 15) is 0 Å². The van der Waals surface area contributed by atoms with E-state index in [0.717, 1.165) is 24.5 Å². The molecule has 0 aliphatic carbocycles. The molecule has 0 saturated carbocycles. The number of nitrogens with one attached hydrogen (secondary N) is 1. The van der Waals surface area contributed by atoms with Crippen molar-refractivity contribution in [2.24, 2.45) is 5.92 Å². The van der Waals surface area contributed by atoms with Gasteiger partial charge in [0, 0.05) is 30.0 Å². The second kappa shape index (κ2) is 6.27. The quantitative estimate of drug-likeness (QED) is 0.923. The van der Waals surface area contributed by atoms with Crippen molar-refractivity contribution in [2.45, 2.75) is 31.9 Å². The fourth-order valence-corrected chi connectivity index (χ4v) is 4.50. The van der Waals surface area contributed by atoms with Crippen molar-refractivity contribution < 1.29 is 9.47 Å². The molecule has 0 spiro atoms. The van der Waals surface area contributed by atoms with Crippen LogP contribution in [0.25, 0.3) is 0 Å². The Labute approximate surface area is 125 Å². The van der Waals surface area contributed by atoms with Gasteiger partial charge in [0.15, 0.2) is 0 Å². The number of ether oxygens (including phenoxy) is 2. The molecule has 3 rings (SSSR count). The summed E-state index contributed by atoms with van der Waals surface area (Å²) in [5.74, 6) is 5.09. The molecular weight excluding hydrogens is 270 g/mol. The van der Waals surface area contributed by atoms with Crippen LogP contribution in [0.4, 0.5) is 0 Å². The second-order valence-corrected chi connectivity index (χ2v) is 6.68. The highest BCUT2D eigenvalue weighted by atomic mass is 32.2. The number of thioether (sulfide) groups is 1. The number of benzene rings is 1. The summed E-state index contributed by atoms with van der Waals surface area (Å²) in [5, 5.41) is 3.60. The number of rotatable bonds is 4. The predicted octanol–water partition coefficient (Wildman–Crippen LogP) is 3.25. The molecule has 20 heavy (non-hydrogen) atoms. The Morgan fingerprint density at radius 1 is 1.45 bits per heavy atom. The second-order valence-electron chi connectivity index (χ2n) is 5.53. The smallest absolute Gasteiger partial charge is 0.128 e. The summed E-state index contributed by atoms with van der Waals surface area (Å²) in [6.45, 7) is 3.15. The molecular formula is C16H23NO2S. The molecule has 2 aliphatic heterocycles. The van der Waals surface area contributed by atoms with Gasteiger partial charge < -0.3 is 14.8 Å². The van der Waals surface area contributed by atoms with Gasteiger partial charge >= 0.3 is 0 Å². The lowest BCUT2D eigenvalue weighted by Gasteiger charge is -2.35. The first-order chi connectivity index (χ1) is 9.81. The Morgan fingerprint density at radius 3 is 3.05 bits per heavy atom. The van der Waals surface area contributed by atoms with Crippen molar-refractivity contribution >= 4 is 11.8 Å². The molecule has 0 aromatic heterocycles. The highest BCUT2D eigenvalue weighted by Crippen LogP contribution is 2.41. The number of methoxy groups -OCH3 is 1. The average Bonchev–Trinajstić information content (AvgIpc) is 3.01. The highest BCUT2D eigenvalue weighted by molar-refractivity contribution is 7.99. The zero-order valence-corrected chi connectivity index (χ0v) is 13.0. The van der Waals surface area contributed by atoms with E-state index in [1.165, 1.54) is 23.5 Å². The molecule has 110 valence electrons. The van der Waals surface area contributed by atoms with Gasteiger partial charge in [-0.3, -0.25) is 0 Å². The van der Waals surface area contributed by atoms with Gasteiger partial charge in [0.05, 0.1) is 7.11 Å². The first kappa shape index (κ1) is 14.1. The van der Waals surface area contributed by atoms with Gasteiger partial charge in [0.2, 0.25) is 0 Å². The van der Waals surface area contributed by atoms with Crippen LogP contribution in [0.1, 0.15) is 31.4 Å². The normalized spacial score (nSPS) is 28.8. The molecule has 3 atom stereocenters. The van der Waals surface area contributed by atoms with Crippen molar-refractivity contribution in [1.29, 1.82) is 0 Å². The van der Waals surface area contributed by atoms with E-state index < -0.39 is 0 Å². The molecule has 1 aromatic rings. The minimum absolute atomic E-state index is 0.341. The summed E-state index contributed by atoms with van der Waals surface area (Å²) in [6, 6.07) is 6.61. The van der Waals surface area contributed by atoms with Gasteiger partial charge in [-0.25, -0.2) is 0 Å². The van der Waals surface area contributed by atoms with E-state index in [1.807, 2.05) is 12.1 Å². The summed E-state index contributed by atoms with van der Waals surface area (Å²) in [4.78, 5) is 0. The van der Waals surface area contributed by atoms with Gasteiger partial charge in [-0.2, -0.15) is 11.8 Å². The van der Waals surface area contributed by atoms with Gasteiger partial charge in [0.25, 0.3) is 0 Å². The van der Waals surface area contributed by atoms with Crippen LogP contribution in [0.2, 0.25) is 0 Å². The molecule has 1 saturated heterocycles. The number of hydrogen-bond acceptors (Lipinski definition) is 4. The highest BCUT2D eigenvalue weighted by Gasteiger charge is 2.34. The van der Waals surface area contributed by atoms with Gasteiger partial charge in [-0.05, 0) is 30.5 Å². The summed E-state index contributed by atoms with van der Waals surface area (Å²) in [5.41, 5.74) is 1.27. The summed E-state index contributed by atoms with van der Waals surface area (Å²) >= 11 is 2.05. The Hall–Kier alpha value is -0.870. The summed E-state index contributed by atoms with van der Waals surface area (Å²) in [6.07, 6.45) is 2.71. The fraction of sp³-hybridized carbons (Fsp3) is 0.625. The van der Waals surface area contributed by atoms with Crippen LogP contribution in [-0.2, 0) is 0 Å².